The Labute approximate surface area is 176 Å². The molecular weight excluding hydrogens is 372 g/mol. The molecule has 5 rings (SSSR count). The van der Waals surface area contributed by atoms with Crippen molar-refractivity contribution in [2.45, 2.75) is 31.6 Å². The van der Waals surface area contributed by atoms with Gasteiger partial charge in [0.25, 0.3) is 0 Å². The summed E-state index contributed by atoms with van der Waals surface area (Å²) in [6.45, 7) is 0.800. The second-order valence-corrected chi connectivity index (χ2v) is 8.04. The third-order valence-electron chi connectivity index (χ3n) is 6.07. The van der Waals surface area contributed by atoms with Gasteiger partial charge in [-0.05, 0) is 53.6 Å². The molecule has 0 radical (unpaired) electrons. The fourth-order valence-electron chi connectivity index (χ4n) is 4.73. The maximum atomic E-state index is 13.4. The van der Waals surface area contributed by atoms with Crippen LogP contribution in [0.5, 0.6) is 0 Å². The summed E-state index contributed by atoms with van der Waals surface area (Å²) in [7, 11) is 0. The smallest absolute Gasteiger partial charge is 0.236 e. The molecule has 0 bridgehead atoms. The molecule has 3 aromatic carbocycles. The van der Waals surface area contributed by atoms with Crippen molar-refractivity contribution in [2.75, 3.05) is 16.8 Å². The molecule has 30 heavy (non-hydrogen) atoms. The van der Waals surface area contributed by atoms with E-state index in [-0.39, 0.29) is 17.7 Å². The highest BCUT2D eigenvalue weighted by Gasteiger charge is 2.30. The van der Waals surface area contributed by atoms with Crippen LogP contribution >= 0.6 is 0 Å². The zero-order valence-corrected chi connectivity index (χ0v) is 16.8. The average Bonchev–Trinajstić information content (AvgIpc) is 2.78. The molecule has 1 N–H and O–H groups in total. The lowest BCUT2D eigenvalue weighted by Gasteiger charge is -2.35. The molecule has 0 fully saturated rings. The van der Waals surface area contributed by atoms with Crippen molar-refractivity contribution in [3.63, 3.8) is 0 Å². The number of hydrogen-bond donors (Lipinski definition) is 1. The number of benzene rings is 3. The lowest BCUT2D eigenvalue weighted by Crippen LogP contribution is -2.39. The number of anilines is 2. The Kier molecular flexibility index (Phi) is 4.83. The van der Waals surface area contributed by atoms with Gasteiger partial charge in [-0.15, -0.1) is 0 Å². The van der Waals surface area contributed by atoms with Crippen molar-refractivity contribution in [2.24, 2.45) is 0 Å². The highest BCUT2D eigenvalue weighted by atomic mass is 16.2. The van der Waals surface area contributed by atoms with Gasteiger partial charge in [0.15, 0.2) is 0 Å². The molecule has 2 aliphatic heterocycles. The molecule has 0 saturated heterocycles. The largest absolute Gasteiger partial charge is 0.325 e. The molecule has 0 aromatic heterocycles. The zero-order valence-electron chi connectivity index (χ0n) is 16.8. The normalized spacial score (nSPS) is 15.1. The fourth-order valence-corrected chi connectivity index (χ4v) is 4.73. The quantitative estimate of drug-likeness (QED) is 0.696. The fraction of sp³-hybridized carbons (Fsp3) is 0.231. The first-order chi connectivity index (χ1) is 14.7. The number of carbonyl (C=O) groups is 2. The Morgan fingerprint density at radius 2 is 1.43 bits per heavy atom. The highest BCUT2D eigenvalue weighted by molar-refractivity contribution is 6.01. The minimum atomic E-state index is -0.377. The SMILES string of the molecule is O=C(Nc1cc2c3c(c1)CCC(=O)N3CCC2)C(c1ccccc1)c1ccccc1. The van der Waals surface area contributed by atoms with Gasteiger partial charge in [0.05, 0.1) is 11.6 Å². The van der Waals surface area contributed by atoms with E-state index in [2.05, 4.69) is 17.4 Å². The van der Waals surface area contributed by atoms with E-state index < -0.39 is 0 Å². The van der Waals surface area contributed by atoms with E-state index in [4.69, 9.17) is 0 Å². The predicted octanol–water partition coefficient (Wildman–Crippen LogP) is 4.68. The summed E-state index contributed by atoms with van der Waals surface area (Å²) < 4.78 is 0. The maximum absolute atomic E-state index is 13.4. The number of rotatable bonds is 4. The Balaban J connectivity index is 1.49. The lowest BCUT2D eigenvalue weighted by molar-refractivity contribution is -0.119. The van der Waals surface area contributed by atoms with E-state index in [1.807, 2.05) is 65.6 Å². The van der Waals surface area contributed by atoms with Crippen molar-refractivity contribution >= 4 is 23.2 Å². The van der Waals surface area contributed by atoms with Crippen molar-refractivity contribution in [3.8, 4) is 0 Å². The van der Waals surface area contributed by atoms with Crippen LogP contribution in [-0.4, -0.2) is 18.4 Å². The van der Waals surface area contributed by atoms with E-state index in [1.54, 1.807) is 0 Å². The Bertz CT molecular complexity index is 1040. The molecule has 0 saturated carbocycles. The lowest BCUT2D eigenvalue weighted by atomic mass is 9.89. The van der Waals surface area contributed by atoms with Crippen LogP contribution < -0.4 is 10.2 Å². The highest BCUT2D eigenvalue weighted by Crippen LogP contribution is 2.38. The maximum Gasteiger partial charge on any atom is 0.236 e. The van der Waals surface area contributed by atoms with Gasteiger partial charge >= 0.3 is 0 Å². The van der Waals surface area contributed by atoms with Gasteiger partial charge in [-0.2, -0.15) is 0 Å². The van der Waals surface area contributed by atoms with Crippen LogP contribution in [0.15, 0.2) is 72.8 Å². The molecule has 3 aromatic rings. The summed E-state index contributed by atoms with van der Waals surface area (Å²) in [6, 6.07) is 23.9. The number of nitrogens with zero attached hydrogens (tertiary/aromatic N) is 1. The van der Waals surface area contributed by atoms with E-state index in [0.717, 1.165) is 59.4 Å². The van der Waals surface area contributed by atoms with Gasteiger partial charge < -0.3 is 10.2 Å². The van der Waals surface area contributed by atoms with Crippen LogP contribution in [0.1, 0.15) is 41.0 Å². The van der Waals surface area contributed by atoms with Crippen molar-refractivity contribution < 1.29 is 9.59 Å². The molecular formula is C26H24N2O2. The van der Waals surface area contributed by atoms with Gasteiger partial charge in [0.2, 0.25) is 11.8 Å². The molecule has 2 amide bonds. The zero-order chi connectivity index (χ0) is 20.5. The van der Waals surface area contributed by atoms with Gasteiger partial charge in [-0.1, -0.05) is 60.7 Å². The number of carbonyl (C=O) groups excluding carboxylic acids is 2. The van der Waals surface area contributed by atoms with Gasteiger partial charge in [-0.3, -0.25) is 9.59 Å². The van der Waals surface area contributed by atoms with Crippen molar-refractivity contribution in [3.05, 3.63) is 95.1 Å². The van der Waals surface area contributed by atoms with Gasteiger partial charge in [0, 0.05) is 18.7 Å². The van der Waals surface area contributed by atoms with Crippen LogP contribution in [0, 0.1) is 0 Å². The van der Waals surface area contributed by atoms with E-state index in [0.29, 0.717) is 6.42 Å². The number of nitrogens with one attached hydrogen (secondary N) is 1. The molecule has 0 atom stereocenters. The van der Waals surface area contributed by atoms with E-state index in [9.17, 15) is 9.59 Å². The number of amides is 2. The van der Waals surface area contributed by atoms with Crippen LogP contribution in [-0.2, 0) is 22.4 Å². The Morgan fingerprint density at radius 1 is 0.833 bits per heavy atom. The minimum absolute atomic E-state index is 0.0425. The Morgan fingerprint density at radius 3 is 2.07 bits per heavy atom. The monoisotopic (exact) mass is 396 g/mol. The van der Waals surface area contributed by atoms with Gasteiger partial charge in [0.1, 0.15) is 0 Å². The molecule has 4 nitrogen and oxygen atoms in total. The third-order valence-corrected chi connectivity index (χ3v) is 6.07. The summed E-state index contributed by atoms with van der Waals surface area (Å²) in [4.78, 5) is 27.7. The van der Waals surface area contributed by atoms with Crippen molar-refractivity contribution in [1.82, 2.24) is 0 Å². The van der Waals surface area contributed by atoms with Crippen molar-refractivity contribution in [1.29, 1.82) is 0 Å². The van der Waals surface area contributed by atoms with Crippen LogP contribution in [0.25, 0.3) is 0 Å². The molecule has 0 aliphatic carbocycles. The number of hydrogen-bond acceptors (Lipinski definition) is 2. The van der Waals surface area contributed by atoms with E-state index in [1.165, 1.54) is 0 Å². The first kappa shape index (κ1) is 18.6. The Hall–Kier alpha value is -3.40. The molecule has 4 heteroatoms. The second kappa shape index (κ2) is 7.79. The van der Waals surface area contributed by atoms with Crippen LogP contribution in [0.3, 0.4) is 0 Å². The standard InChI is InChI=1S/C26H24N2O2/c29-23-14-13-21-17-22(16-20-12-7-15-28(23)25(20)21)27-26(30)24(18-8-3-1-4-9-18)19-10-5-2-6-11-19/h1-6,8-11,16-17,24H,7,12-15H2,(H,27,30). The first-order valence-corrected chi connectivity index (χ1v) is 10.6. The van der Waals surface area contributed by atoms with E-state index >= 15 is 0 Å². The van der Waals surface area contributed by atoms with Crippen LogP contribution in [0.4, 0.5) is 11.4 Å². The summed E-state index contributed by atoms with van der Waals surface area (Å²) in [5.41, 5.74) is 6.17. The average molecular weight is 396 g/mol. The molecule has 0 unspecified atom stereocenters. The summed E-state index contributed by atoms with van der Waals surface area (Å²) >= 11 is 0. The minimum Gasteiger partial charge on any atom is -0.325 e. The molecule has 150 valence electrons. The molecule has 2 heterocycles. The first-order valence-electron chi connectivity index (χ1n) is 10.6. The topological polar surface area (TPSA) is 49.4 Å². The van der Waals surface area contributed by atoms with Crippen LogP contribution in [0.2, 0.25) is 0 Å². The predicted molar refractivity (Wildman–Crippen MR) is 119 cm³/mol. The third kappa shape index (κ3) is 3.39. The second-order valence-electron chi connectivity index (χ2n) is 8.04. The number of aryl methyl sites for hydroxylation is 2. The molecule has 2 aliphatic rings. The van der Waals surface area contributed by atoms with Gasteiger partial charge in [-0.25, -0.2) is 0 Å². The molecule has 0 spiro atoms. The summed E-state index contributed by atoms with van der Waals surface area (Å²) in [5, 5.41) is 3.17. The summed E-state index contributed by atoms with van der Waals surface area (Å²) in [5.74, 6) is -0.203. The summed E-state index contributed by atoms with van der Waals surface area (Å²) in [6.07, 6.45) is 3.19.